The van der Waals surface area contributed by atoms with Gasteiger partial charge in [0.15, 0.2) is 9.84 Å². The number of carbonyl (C=O) groups excluding carboxylic acids is 1. The molecular formula is C16H15N3O3S2. The summed E-state index contributed by atoms with van der Waals surface area (Å²) >= 11 is 1.08. The monoisotopic (exact) mass is 361 g/mol. The van der Waals surface area contributed by atoms with E-state index in [4.69, 9.17) is 0 Å². The van der Waals surface area contributed by atoms with Crippen LogP contribution in [0.1, 0.15) is 12.5 Å². The third-order valence-electron chi connectivity index (χ3n) is 3.60. The number of hydrogen-bond donors (Lipinski definition) is 1. The number of sulfone groups is 1. The summed E-state index contributed by atoms with van der Waals surface area (Å²) in [7, 11) is -3.37. The number of hydrogen-bond acceptors (Lipinski definition) is 6. The lowest BCUT2D eigenvalue weighted by Crippen LogP contribution is -2.17. The Morgan fingerprint density at radius 3 is 2.71 bits per heavy atom. The molecule has 3 aromatic rings. The summed E-state index contributed by atoms with van der Waals surface area (Å²) in [4.78, 5) is 12.6. The molecule has 2 aromatic carbocycles. The Balaban J connectivity index is 1.85. The molecule has 3 rings (SSSR count). The molecule has 0 aliphatic heterocycles. The Morgan fingerprint density at radius 1 is 1.12 bits per heavy atom. The second-order valence-electron chi connectivity index (χ2n) is 5.17. The molecule has 8 heteroatoms. The van der Waals surface area contributed by atoms with Crippen LogP contribution in [-0.2, 0) is 21.1 Å². The van der Waals surface area contributed by atoms with Crippen molar-refractivity contribution in [1.82, 2.24) is 8.75 Å². The Labute approximate surface area is 143 Å². The average Bonchev–Trinajstić information content (AvgIpc) is 3.05. The van der Waals surface area contributed by atoms with E-state index in [2.05, 4.69) is 14.1 Å². The van der Waals surface area contributed by atoms with Crippen LogP contribution in [0, 0.1) is 0 Å². The quantitative estimate of drug-likeness (QED) is 0.755. The number of nitrogens with one attached hydrogen (secondary N) is 1. The number of benzene rings is 2. The summed E-state index contributed by atoms with van der Waals surface area (Å²) in [5.41, 5.74) is 2.40. The maximum Gasteiger partial charge on any atom is 0.228 e. The fourth-order valence-electron chi connectivity index (χ4n) is 2.38. The molecule has 0 aliphatic carbocycles. The van der Waals surface area contributed by atoms with Gasteiger partial charge >= 0.3 is 0 Å². The van der Waals surface area contributed by atoms with Gasteiger partial charge in [-0.3, -0.25) is 4.79 Å². The largest absolute Gasteiger partial charge is 0.324 e. The lowest BCUT2D eigenvalue weighted by Gasteiger charge is -2.10. The number of nitrogens with zero attached hydrogens (tertiary/aromatic N) is 2. The maximum absolute atomic E-state index is 12.4. The van der Waals surface area contributed by atoms with Crippen molar-refractivity contribution < 1.29 is 13.2 Å². The molecule has 1 amide bonds. The fourth-order valence-corrected chi connectivity index (χ4v) is 4.07. The van der Waals surface area contributed by atoms with Crippen LogP contribution in [0.5, 0.6) is 0 Å². The van der Waals surface area contributed by atoms with Crippen LogP contribution >= 0.6 is 11.7 Å². The predicted molar refractivity (Wildman–Crippen MR) is 93.9 cm³/mol. The van der Waals surface area contributed by atoms with Gasteiger partial charge in [0.2, 0.25) is 5.91 Å². The van der Waals surface area contributed by atoms with E-state index < -0.39 is 9.84 Å². The molecule has 0 atom stereocenters. The van der Waals surface area contributed by atoms with Crippen LogP contribution in [0.4, 0.5) is 5.69 Å². The van der Waals surface area contributed by atoms with E-state index >= 15 is 0 Å². The molecule has 1 aromatic heterocycles. The topological polar surface area (TPSA) is 89.0 Å². The Bertz CT molecular complexity index is 996. The molecule has 0 aliphatic rings. The van der Waals surface area contributed by atoms with Crippen molar-refractivity contribution >= 4 is 44.2 Å². The normalized spacial score (nSPS) is 11.5. The highest BCUT2D eigenvalue weighted by Gasteiger charge is 2.18. The standard InChI is InChI=1S/C16H15N3O3S2/c1-2-24(21,22)14-9-4-3-6-11(14)10-15(20)17-12-7-5-8-13-16(12)19-23-18-13/h3-9H,2,10H2,1H3,(H,17,20). The third-order valence-corrected chi connectivity index (χ3v) is 5.97. The molecule has 0 fully saturated rings. The number of rotatable bonds is 5. The zero-order valence-electron chi connectivity index (χ0n) is 12.9. The molecule has 6 nitrogen and oxygen atoms in total. The summed E-state index contributed by atoms with van der Waals surface area (Å²) in [6, 6.07) is 11.9. The second-order valence-corrected chi connectivity index (χ2v) is 7.95. The van der Waals surface area contributed by atoms with Crippen molar-refractivity contribution in [3.63, 3.8) is 0 Å². The van der Waals surface area contributed by atoms with Crippen molar-refractivity contribution in [2.45, 2.75) is 18.2 Å². The Kier molecular flexibility index (Phi) is 4.59. The van der Waals surface area contributed by atoms with Crippen molar-refractivity contribution in [2.24, 2.45) is 0 Å². The van der Waals surface area contributed by atoms with Crippen molar-refractivity contribution in [3.05, 3.63) is 48.0 Å². The molecular weight excluding hydrogens is 346 g/mol. The van der Waals surface area contributed by atoms with Gasteiger partial charge in [0.1, 0.15) is 11.0 Å². The number of aromatic nitrogens is 2. The molecule has 0 saturated carbocycles. The number of carbonyl (C=O) groups is 1. The molecule has 24 heavy (non-hydrogen) atoms. The lowest BCUT2D eigenvalue weighted by atomic mass is 10.1. The first-order valence-corrected chi connectivity index (χ1v) is 9.71. The van der Waals surface area contributed by atoms with E-state index in [0.717, 1.165) is 11.7 Å². The number of amides is 1. The van der Waals surface area contributed by atoms with Gasteiger partial charge in [0, 0.05) is 0 Å². The van der Waals surface area contributed by atoms with Crippen LogP contribution in [0.3, 0.4) is 0 Å². The van der Waals surface area contributed by atoms with Crippen LogP contribution in [0.25, 0.3) is 11.0 Å². The van der Waals surface area contributed by atoms with E-state index in [1.165, 1.54) is 6.07 Å². The average molecular weight is 361 g/mol. The minimum Gasteiger partial charge on any atom is -0.324 e. The van der Waals surface area contributed by atoms with Gasteiger partial charge in [0.25, 0.3) is 0 Å². The summed E-state index contributed by atoms with van der Waals surface area (Å²) in [5, 5.41) is 2.79. The summed E-state index contributed by atoms with van der Waals surface area (Å²) < 4.78 is 32.6. The number of fused-ring (bicyclic) bond motifs is 1. The summed E-state index contributed by atoms with van der Waals surface area (Å²) in [6.45, 7) is 1.59. The van der Waals surface area contributed by atoms with Crippen LogP contribution in [0.2, 0.25) is 0 Å². The van der Waals surface area contributed by atoms with Crippen molar-refractivity contribution in [1.29, 1.82) is 0 Å². The fraction of sp³-hybridized carbons (Fsp3) is 0.188. The molecule has 1 heterocycles. The Hall–Kier alpha value is -2.32. The van der Waals surface area contributed by atoms with E-state index in [0.29, 0.717) is 22.3 Å². The van der Waals surface area contributed by atoms with Crippen LogP contribution < -0.4 is 5.32 Å². The zero-order valence-corrected chi connectivity index (χ0v) is 14.5. The smallest absolute Gasteiger partial charge is 0.228 e. The van der Waals surface area contributed by atoms with Gasteiger partial charge in [-0.05, 0) is 23.8 Å². The molecule has 0 unspecified atom stereocenters. The van der Waals surface area contributed by atoms with Gasteiger partial charge in [0.05, 0.1) is 34.5 Å². The molecule has 0 spiro atoms. The van der Waals surface area contributed by atoms with E-state index in [9.17, 15) is 13.2 Å². The first kappa shape index (κ1) is 16.5. The first-order chi connectivity index (χ1) is 11.5. The molecule has 0 bridgehead atoms. The second kappa shape index (κ2) is 6.66. The van der Waals surface area contributed by atoms with Gasteiger partial charge in [-0.25, -0.2) is 8.42 Å². The lowest BCUT2D eigenvalue weighted by molar-refractivity contribution is -0.115. The van der Waals surface area contributed by atoms with Gasteiger partial charge in [-0.1, -0.05) is 31.2 Å². The highest BCUT2D eigenvalue weighted by molar-refractivity contribution is 7.91. The van der Waals surface area contributed by atoms with Gasteiger partial charge in [-0.2, -0.15) is 8.75 Å². The zero-order chi connectivity index (χ0) is 17.2. The molecule has 1 N–H and O–H groups in total. The highest BCUT2D eigenvalue weighted by Crippen LogP contribution is 2.22. The van der Waals surface area contributed by atoms with E-state index in [-0.39, 0.29) is 23.0 Å². The first-order valence-electron chi connectivity index (χ1n) is 7.33. The summed E-state index contributed by atoms with van der Waals surface area (Å²) in [5.74, 6) is -0.302. The number of anilines is 1. The molecule has 0 radical (unpaired) electrons. The Morgan fingerprint density at radius 2 is 1.92 bits per heavy atom. The minimum atomic E-state index is -3.37. The van der Waals surface area contributed by atoms with Crippen LogP contribution in [0.15, 0.2) is 47.4 Å². The van der Waals surface area contributed by atoms with E-state index in [1.54, 1.807) is 37.3 Å². The van der Waals surface area contributed by atoms with Crippen molar-refractivity contribution in [3.8, 4) is 0 Å². The SMILES string of the molecule is CCS(=O)(=O)c1ccccc1CC(=O)Nc1cccc2nsnc12. The predicted octanol–water partition coefficient (Wildman–Crippen LogP) is 2.67. The molecule has 124 valence electrons. The van der Waals surface area contributed by atoms with Gasteiger partial charge in [-0.15, -0.1) is 0 Å². The third kappa shape index (κ3) is 3.29. The highest BCUT2D eigenvalue weighted by atomic mass is 32.2. The maximum atomic E-state index is 12.4. The van der Waals surface area contributed by atoms with Crippen molar-refractivity contribution in [2.75, 3.05) is 11.1 Å². The minimum absolute atomic E-state index is 0.00453. The summed E-state index contributed by atoms with van der Waals surface area (Å²) in [6.07, 6.45) is -0.0244. The molecule has 0 saturated heterocycles. The van der Waals surface area contributed by atoms with Gasteiger partial charge < -0.3 is 5.32 Å². The van der Waals surface area contributed by atoms with Crippen LogP contribution in [-0.4, -0.2) is 28.8 Å². The van der Waals surface area contributed by atoms with E-state index in [1.807, 2.05) is 6.07 Å².